The van der Waals surface area contributed by atoms with Crippen LogP contribution in [0.3, 0.4) is 0 Å². The zero-order chi connectivity index (χ0) is 9.42. The Morgan fingerprint density at radius 2 is 2.08 bits per heavy atom. The van der Waals surface area contributed by atoms with Gasteiger partial charge in [-0.1, -0.05) is 11.6 Å². The Morgan fingerprint density at radius 1 is 1.31 bits per heavy atom. The third-order valence-electron chi connectivity index (χ3n) is 2.30. The fourth-order valence-corrected chi connectivity index (χ4v) is 1.81. The second kappa shape index (κ2) is 3.11. The molecule has 0 heterocycles. The van der Waals surface area contributed by atoms with Crippen molar-refractivity contribution < 1.29 is 9.18 Å². The Kier molecular flexibility index (Phi) is 2.08. The molecule has 0 atom stereocenters. The minimum absolute atomic E-state index is 0.0248. The van der Waals surface area contributed by atoms with Gasteiger partial charge in [0.25, 0.3) is 0 Å². The van der Waals surface area contributed by atoms with E-state index in [2.05, 4.69) is 0 Å². The van der Waals surface area contributed by atoms with Crippen LogP contribution in [0.4, 0.5) is 4.39 Å². The van der Waals surface area contributed by atoms with Crippen molar-refractivity contribution in [1.82, 2.24) is 0 Å². The molecule has 13 heavy (non-hydrogen) atoms. The maximum atomic E-state index is 13.0. The van der Waals surface area contributed by atoms with Crippen molar-refractivity contribution in [3.05, 3.63) is 34.1 Å². The van der Waals surface area contributed by atoms with Crippen LogP contribution in [0.15, 0.2) is 12.1 Å². The average Bonchev–Trinajstić information content (AvgIpc) is 2.09. The molecule has 2 rings (SSSR count). The summed E-state index contributed by atoms with van der Waals surface area (Å²) in [6.07, 6.45) is 2.18. The van der Waals surface area contributed by atoms with Crippen molar-refractivity contribution in [2.75, 3.05) is 0 Å². The Labute approximate surface area is 80.5 Å². The second-order valence-corrected chi connectivity index (χ2v) is 3.61. The lowest BCUT2D eigenvalue weighted by Gasteiger charge is -2.14. The molecule has 0 N–H and O–H groups in total. The smallest absolute Gasteiger partial charge is 0.163 e. The van der Waals surface area contributed by atoms with Gasteiger partial charge in [-0.25, -0.2) is 4.39 Å². The van der Waals surface area contributed by atoms with E-state index in [0.29, 0.717) is 12.0 Å². The number of hydrogen-bond donors (Lipinski definition) is 0. The van der Waals surface area contributed by atoms with Crippen LogP contribution < -0.4 is 0 Å². The van der Waals surface area contributed by atoms with E-state index in [4.69, 9.17) is 11.6 Å². The lowest BCUT2D eigenvalue weighted by atomic mass is 9.91. The Morgan fingerprint density at radius 3 is 2.85 bits per heavy atom. The van der Waals surface area contributed by atoms with E-state index in [1.807, 2.05) is 0 Å². The molecule has 1 nitrogen and oxygen atoms in total. The molecule has 0 unspecified atom stereocenters. The monoisotopic (exact) mass is 198 g/mol. The molecule has 0 radical (unpaired) electrons. The summed E-state index contributed by atoms with van der Waals surface area (Å²) in [5, 5.41) is 0.105. The van der Waals surface area contributed by atoms with Gasteiger partial charge in [0.2, 0.25) is 0 Å². The summed E-state index contributed by atoms with van der Waals surface area (Å²) in [6, 6.07) is 2.81. The highest BCUT2D eigenvalue weighted by molar-refractivity contribution is 6.31. The van der Waals surface area contributed by atoms with Crippen LogP contribution in [0.5, 0.6) is 0 Å². The number of carbonyl (C=O) groups is 1. The van der Waals surface area contributed by atoms with Gasteiger partial charge < -0.3 is 0 Å². The van der Waals surface area contributed by atoms with Crippen molar-refractivity contribution in [2.45, 2.75) is 19.3 Å². The molecule has 0 bridgehead atoms. The summed E-state index contributed by atoms with van der Waals surface area (Å²) in [6.45, 7) is 0. The number of aryl methyl sites for hydroxylation is 1. The molecule has 0 saturated heterocycles. The summed E-state index contributed by atoms with van der Waals surface area (Å²) >= 11 is 5.61. The number of Topliss-reactive ketones (excluding diaryl/α,β-unsaturated/α-hetero) is 1. The number of ketones is 1. The molecule has 1 aliphatic rings. The largest absolute Gasteiger partial charge is 0.294 e. The first-order valence-corrected chi connectivity index (χ1v) is 4.57. The van der Waals surface area contributed by atoms with Gasteiger partial charge in [-0.15, -0.1) is 0 Å². The minimum atomic E-state index is -0.504. The zero-order valence-electron chi connectivity index (χ0n) is 6.94. The molecule has 1 aliphatic carbocycles. The van der Waals surface area contributed by atoms with Crippen LogP contribution in [0.1, 0.15) is 28.8 Å². The topological polar surface area (TPSA) is 17.1 Å². The van der Waals surface area contributed by atoms with E-state index in [0.717, 1.165) is 18.4 Å². The van der Waals surface area contributed by atoms with E-state index in [1.54, 1.807) is 6.07 Å². The van der Waals surface area contributed by atoms with Crippen LogP contribution in [-0.2, 0) is 6.42 Å². The predicted octanol–water partition coefficient (Wildman–Crippen LogP) is 3.00. The Bertz CT molecular complexity index is 373. The highest BCUT2D eigenvalue weighted by Gasteiger charge is 2.18. The Hall–Kier alpha value is -0.890. The highest BCUT2D eigenvalue weighted by Crippen LogP contribution is 2.26. The fourth-order valence-electron chi connectivity index (χ4n) is 1.63. The van der Waals surface area contributed by atoms with Gasteiger partial charge in [0.1, 0.15) is 5.82 Å². The first-order valence-electron chi connectivity index (χ1n) is 4.19. The molecular weight excluding hydrogens is 191 g/mol. The Balaban J connectivity index is 2.58. The van der Waals surface area contributed by atoms with Gasteiger partial charge in [0.05, 0.1) is 5.02 Å². The number of benzene rings is 1. The molecule has 0 aliphatic heterocycles. The molecule has 68 valence electrons. The average molecular weight is 199 g/mol. The van der Waals surface area contributed by atoms with E-state index in [9.17, 15) is 9.18 Å². The third kappa shape index (κ3) is 1.46. The fraction of sp³-hybridized carbons (Fsp3) is 0.300. The number of halogens is 2. The first kappa shape index (κ1) is 8.70. The number of hydrogen-bond acceptors (Lipinski definition) is 1. The van der Waals surface area contributed by atoms with E-state index >= 15 is 0 Å². The van der Waals surface area contributed by atoms with Crippen LogP contribution in [0.25, 0.3) is 0 Å². The molecule has 0 saturated carbocycles. The first-order chi connectivity index (χ1) is 6.18. The standard InChI is InChI=1S/C10H8ClFO/c11-8-4-6-2-1-3-10(13)7(6)5-9(8)12/h4-5H,1-3H2. The maximum absolute atomic E-state index is 13.0. The minimum Gasteiger partial charge on any atom is -0.294 e. The normalized spacial score (nSPS) is 15.7. The molecule has 1 aromatic carbocycles. The van der Waals surface area contributed by atoms with Crippen molar-refractivity contribution >= 4 is 17.4 Å². The summed E-state index contributed by atoms with van der Waals surface area (Å²) in [5.74, 6) is -0.479. The number of carbonyl (C=O) groups excluding carboxylic acids is 1. The van der Waals surface area contributed by atoms with Gasteiger partial charge in [0, 0.05) is 12.0 Å². The van der Waals surface area contributed by atoms with E-state index in [1.165, 1.54) is 6.07 Å². The van der Waals surface area contributed by atoms with Crippen LogP contribution >= 0.6 is 11.6 Å². The van der Waals surface area contributed by atoms with Crippen LogP contribution in [-0.4, -0.2) is 5.78 Å². The number of fused-ring (bicyclic) bond motifs is 1. The second-order valence-electron chi connectivity index (χ2n) is 3.20. The van der Waals surface area contributed by atoms with Gasteiger partial charge in [-0.3, -0.25) is 4.79 Å². The van der Waals surface area contributed by atoms with Gasteiger partial charge in [0.15, 0.2) is 5.78 Å². The van der Waals surface area contributed by atoms with Crippen molar-refractivity contribution in [3.8, 4) is 0 Å². The lowest BCUT2D eigenvalue weighted by molar-refractivity contribution is 0.0972. The molecule has 0 fully saturated rings. The molecule has 1 aromatic rings. The molecule has 0 amide bonds. The van der Waals surface area contributed by atoms with Crippen molar-refractivity contribution in [1.29, 1.82) is 0 Å². The molecule has 0 spiro atoms. The van der Waals surface area contributed by atoms with Crippen molar-refractivity contribution in [2.24, 2.45) is 0 Å². The molecular formula is C10H8ClFO. The van der Waals surface area contributed by atoms with Crippen LogP contribution in [0.2, 0.25) is 5.02 Å². The van der Waals surface area contributed by atoms with E-state index < -0.39 is 5.82 Å². The van der Waals surface area contributed by atoms with E-state index in [-0.39, 0.29) is 10.8 Å². The SMILES string of the molecule is O=C1CCCc2cc(Cl)c(F)cc21. The van der Waals surface area contributed by atoms with Crippen molar-refractivity contribution in [3.63, 3.8) is 0 Å². The van der Waals surface area contributed by atoms with Gasteiger partial charge in [-0.2, -0.15) is 0 Å². The summed E-state index contributed by atoms with van der Waals surface area (Å²) < 4.78 is 13.0. The number of rotatable bonds is 0. The summed E-state index contributed by atoms with van der Waals surface area (Å²) in [7, 11) is 0. The summed E-state index contributed by atoms with van der Waals surface area (Å²) in [4.78, 5) is 11.3. The highest BCUT2D eigenvalue weighted by atomic mass is 35.5. The molecule has 3 heteroatoms. The summed E-state index contributed by atoms with van der Waals surface area (Å²) in [5.41, 5.74) is 1.39. The predicted molar refractivity (Wildman–Crippen MR) is 48.7 cm³/mol. The van der Waals surface area contributed by atoms with Gasteiger partial charge >= 0.3 is 0 Å². The quantitative estimate of drug-likeness (QED) is 0.626. The molecule has 0 aromatic heterocycles. The zero-order valence-corrected chi connectivity index (χ0v) is 7.70. The third-order valence-corrected chi connectivity index (χ3v) is 2.59. The van der Waals surface area contributed by atoms with Crippen LogP contribution in [0, 0.1) is 5.82 Å². The maximum Gasteiger partial charge on any atom is 0.163 e. The lowest BCUT2D eigenvalue weighted by Crippen LogP contribution is -2.11. The van der Waals surface area contributed by atoms with Gasteiger partial charge in [-0.05, 0) is 30.5 Å².